The predicted octanol–water partition coefficient (Wildman–Crippen LogP) is 1.66. The van der Waals surface area contributed by atoms with Crippen molar-refractivity contribution in [2.75, 3.05) is 13.2 Å². The normalized spacial score (nSPS) is 21.8. The number of likely N-dealkylation sites (tertiary alicyclic amines) is 1. The van der Waals surface area contributed by atoms with Gasteiger partial charge in [0.1, 0.15) is 17.6 Å². The van der Waals surface area contributed by atoms with Crippen LogP contribution in [0.4, 0.5) is 9.18 Å². The Morgan fingerprint density at radius 3 is 2.70 bits per heavy atom. The van der Waals surface area contributed by atoms with Crippen molar-refractivity contribution in [2.24, 2.45) is 5.92 Å². The van der Waals surface area contributed by atoms with E-state index in [0.29, 0.717) is 5.75 Å². The zero-order valence-electron chi connectivity index (χ0n) is 10.5. The Labute approximate surface area is 114 Å². The molecule has 2 unspecified atom stereocenters. The van der Waals surface area contributed by atoms with Gasteiger partial charge >= 0.3 is 12.1 Å². The molecule has 1 aliphatic heterocycles. The van der Waals surface area contributed by atoms with Crippen LogP contribution in [0, 0.1) is 11.7 Å². The van der Waals surface area contributed by atoms with Gasteiger partial charge < -0.3 is 14.9 Å². The Kier molecular flexibility index (Phi) is 4.07. The van der Waals surface area contributed by atoms with Crippen LogP contribution in [0.3, 0.4) is 0 Å². The van der Waals surface area contributed by atoms with Crippen LogP contribution in [-0.4, -0.2) is 46.4 Å². The van der Waals surface area contributed by atoms with E-state index in [1.54, 1.807) is 6.07 Å². The van der Waals surface area contributed by atoms with Crippen molar-refractivity contribution in [1.29, 1.82) is 0 Å². The van der Waals surface area contributed by atoms with Crippen molar-refractivity contribution in [3.8, 4) is 5.75 Å². The lowest BCUT2D eigenvalue weighted by molar-refractivity contribution is -0.141. The molecule has 0 spiro atoms. The lowest BCUT2D eigenvalue weighted by Gasteiger charge is -2.16. The first-order valence-corrected chi connectivity index (χ1v) is 6.08. The number of ether oxygens (including phenoxy) is 1. The van der Waals surface area contributed by atoms with Crippen molar-refractivity contribution in [3.63, 3.8) is 0 Å². The quantitative estimate of drug-likeness (QED) is 0.877. The van der Waals surface area contributed by atoms with Gasteiger partial charge in [0, 0.05) is 18.5 Å². The van der Waals surface area contributed by atoms with Gasteiger partial charge in [0.25, 0.3) is 0 Å². The minimum absolute atomic E-state index is 0.0988. The van der Waals surface area contributed by atoms with Gasteiger partial charge in [0.05, 0.1) is 6.61 Å². The molecule has 0 saturated carbocycles. The summed E-state index contributed by atoms with van der Waals surface area (Å²) in [7, 11) is 0. The molecule has 1 amide bonds. The van der Waals surface area contributed by atoms with Crippen LogP contribution in [0.1, 0.15) is 6.42 Å². The highest BCUT2D eigenvalue weighted by Crippen LogP contribution is 2.25. The number of amides is 1. The first-order valence-electron chi connectivity index (χ1n) is 6.08. The van der Waals surface area contributed by atoms with E-state index in [4.69, 9.17) is 14.9 Å². The highest BCUT2D eigenvalue weighted by Gasteiger charge is 2.39. The van der Waals surface area contributed by atoms with Crippen molar-refractivity contribution in [2.45, 2.75) is 12.5 Å². The fraction of sp³-hybridized carbons (Fsp3) is 0.385. The van der Waals surface area contributed by atoms with E-state index in [-0.39, 0.29) is 25.5 Å². The number of carboxylic acids is 1. The van der Waals surface area contributed by atoms with Crippen LogP contribution in [0.15, 0.2) is 24.3 Å². The predicted molar refractivity (Wildman–Crippen MR) is 66.2 cm³/mol. The second-order valence-electron chi connectivity index (χ2n) is 4.66. The third kappa shape index (κ3) is 3.17. The largest absolute Gasteiger partial charge is 0.493 e. The van der Waals surface area contributed by atoms with E-state index in [1.165, 1.54) is 18.2 Å². The molecule has 0 radical (unpaired) electrons. The van der Waals surface area contributed by atoms with Crippen LogP contribution in [0.25, 0.3) is 0 Å². The number of benzene rings is 1. The number of carbonyl (C=O) groups is 2. The minimum atomic E-state index is -1.26. The van der Waals surface area contributed by atoms with Gasteiger partial charge in [0.15, 0.2) is 0 Å². The third-order valence-electron chi connectivity index (χ3n) is 3.20. The minimum Gasteiger partial charge on any atom is -0.493 e. The van der Waals surface area contributed by atoms with Crippen molar-refractivity contribution in [1.82, 2.24) is 4.90 Å². The second-order valence-corrected chi connectivity index (χ2v) is 4.66. The molecule has 0 bridgehead atoms. The molecule has 2 rings (SSSR count). The van der Waals surface area contributed by atoms with Crippen molar-refractivity contribution in [3.05, 3.63) is 30.1 Å². The third-order valence-corrected chi connectivity index (χ3v) is 3.20. The Morgan fingerprint density at radius 1 is 1.40 bits per heavy atom. The maximum Gasteiger partial charge on any atom is 0.408 e. The summed E-state index contributed by atoms with van der Waals surface area (Å²) in [5.41, 5.74) is 0. The number of halogens is 1. The van der Waals surface area contributed by atoms with Gasteiger partial charge in [-0.15, -0.1) is 0 Å². The lowest BCUT2D eigenvalue weighted by atomic mass is 10.1. The summed E-state index contributed by atoms with van der Waals surface area (Å²) in [6.45, 7) is 0.249. The van der Waals surface area contributed by atoms with Gasteiger partial charge in [-0.1, -0.05) is 6.07 Å². The zero-order valence-corrected chi connectivity index (χ0v) is 10.5. The molecule has 1 aromatic rings. The summed E-state index contributed by atoms with van der Waals surface area (Å²) in [4.78, 5) is 22.8. The molecule has 20 heavy (non-hydrogen) atoms. The molecular formula is C13H14FNO5. The number of hydrogen-bond acceptors (Lipinski definition) is 3. The average molecular weight is 283 g/mol. The monoisotopic (exact) mass is 283 g/mol. The summed E-state index contributed by atoms with van der Waals surface area (Å²) in [5.74, 6) is -1.48. The lowest BCUT2D eigenvalue weighted by Crippen LogP contribution is -2.39. The summed E-state index contributed by atoms with van der Waals surface area (Å²) in [5, 5.41) is 17.9. The smallest absolute Gasteiger partial charge is 0.408 e. The molecule has 1 heterocycles. The van der Waals surface area contributed by atoms with Gasteiger partial charge in [-0.2, -0.15) is 0 Å². The molecule has 1 fully saturated rings. The second kappa shape index (κ2) is 5.77. The molecule has 108 valence electrons. The molecule has 1 aromatic carbocycles. The first kappa shape index (κ1) is 14.1. The zero-order chi connectivity index (χ0) is 14.7. The summed E-state index contributed by atoms with van der Waals surface area (Å²) in [6.07, 6.45) is -1.07. The Morgan fingerprint density at radius 2 is 2.15 bits per heavy atom. The molecule has 2 atom stereocenters. The maximum atomic E-state index is 13.0. The van der Waals surface area contributed by atoms with E-state index >= 15 is 0 Å². The van der Waals surface area contributed by atoms with Gasteiger partial charge in [-0.3, -0.25) is 4.90 Å². The van der Waals surface area contributed by atoms with Gasteiger partial charge in [-0.25, -0.2) is 14.0 Å². The molecule has 7 heteroatoms. The Hall–Kier alpha value is -2.31. The van der Waals surface area contributed by atoms with E-state index in [2.05, 4.69) is 0 Å². The van der Waals surface area contributed by atoms with Gasteiger partial charge in [0.2, 0.25) is 0 Å². The summed E-state index contributed by atoms with van der Waals surface area (Å²) >= 11 is 0. The van der Waals surface area contributed by atoms with Crippen LogP contribution in [0.2, 0.25) is 0 Å². The molecule has 6 nitrogen and oxygen atoms in total. The van der Waals surface area contributed by atoms with E-state index in [9.17, 15) is 14.0 Å². The van der Waals surface area contributed by atoms with Crippen LogP contribution < -0.4 is 4.74 Å². The molecule has 0 aromatic heterocycles. The molecule has 0 aliphatic carbocycles. The Balaban J connectivity index is 1.95. The van der Waals surface area contributed by atoms with Crippen molar-refractivity contribution < 1.29 is 28.9 Å². The van der Waals surface area contributed by atoms with Gasteiger partial charge in [-0.05, 0) is 18.6 Å². The number of carboxylic acid groups (broad SMARTS) is 2. The van der Waals surface area contributed by atoms with Crippen LogP contribution in [-0.2, 0) is 4.79 Å². The molecular weight excluding hydrogens is 269 g/mol. The fourth-order valence-electron chi connectivity index (χ4n) is 2.26. The topological polar surface area (TPSA) is 87.1 Å². The molecule has 2 N–H and O–H groups in total. The number of rotatable bonds is 4. The fourth-order valence-corrected chi connectivity index (χ4v) is 2.26. The average Bonchev–Trinajstić information content (AvgIpc) is 2.81. The summed E-state index contributed by atoms with van der Waals surface area (Å²) < 4.78 is 18.3. The SMILES string of the molecule is O=C(O)C1CC(COc2cccc(F)c2)CN1C(=O)O. The maximum absolute atomic E-state index is 13.0. The Bertz CT molecular complexity index is 499. The number of aliphatic carboxylic acids is 1. The standard InChI is InChI=1S/C13H14FNO5/c14-9-2-1-3-10(5-9)20-7-8-4-11(12(16)17)15(6-8)13(18)19/h1-3,5,8,11H,4,6-7H2,(H,16,17)(H,18,19). The van der Waals surface area contributed by atoms with E-state index < -0.39 is 23.9 Å². The van der Waals surface area contributed by atoms with E-state index in [0.717, 1.165) is 4.90 Å². The highest BCUT2D eigenvalue weighted by atomic mass is 19.1. The van der Waals surface area contributed by atoms with Crippen LogP contribution in [0.5, 0.6) is 5.75 Å². The molecule has 1 aliphatic rings. The number of hydrogen-bond donors (Lipinski definition) is 2. The first-order chi connectivity index (χ1) is 9.47. The van der Waals surface area contributed by atoms with Crippen LogP contribution >= 0.6 is 0 Å². The molecule has 1 saturated heterocycles. The van der Waals surface area contributed by atoms with Crippen molar-refractivity contribution >= 4 is 12.1 Å². The van der Waals surface area contributed by atoms with E-state index in [1.807, 2.05) is 0 Å². The summed E-state index contributed by atoms with van der Waals surface area (Å²) in [6, 6.07) is 4.55. The number of nitrogens with zero attached hydrogens (tertiary/aromatic N) is 1. The highest BCUT2D eigenvalue weighted by molar-refractivity contribution is 5.80.